The lowest BCUT2D eigenvalue weighted by Crippen LogP contribution is -2.32. The minimum atomic E-state index is 0.166. The number of aryl methyl sites for hydroxylation is 1. The number of benzene rings is 1. The van der Waals surface area contributed by atoms with Crippen LogP contribution in [0.25, 0.3) is 11.5 Å². The van der Waals surface area contributed by atoms with Crippen LogP contribution in [0.15, 0.2) is 54.7 Å². The minimum Gasteiger partial charge on any atom is -0.508 e. The zero-order valence-electron chi connectivity index (χ0n) is 16.0. The lowest BCUT2D eigenvalue weighted by atomic mass is 10.1. The van der Waals surface area contributed by atoms with Crippen molar-refractivity contribution in [3.05, 3.63) is 66.0 Å². The highest BCUT2D eigenvalue weighted by Crippen LogP contribution is 2.25. The molecule has 0 saturated carbocycles. The first kappa shape index (κ1) is 18.4. The second kappa shape index (κ2) is 8.35. The van der Waals surface area contributed by atoms with Gasteiger partial charge in [-0.15, -0.1) is 0 Å². The maximum Gasteiger partial charge on any atom is 0.180 e. The Labute approximate surface area is 164 Å². The van der Waals surface area contributed by atoms with Gasteiger partial charge in [0, 0.05) is 43.2 Å². The summed E-state index contributed by atoms with van der Waals surface area (Å²) in [6.07, 6.45) is 4.03. The van der Waals surface area contributed by atoms with Crippen LogP contribution in [-0.4, -0.2) is 39.3 Å². The summed E-state index contributed by atoms with van der Waals surface area (Å²) in [7, 11) is 0. The number of rotatable bonds is 6. The van der Waals surface area contributed by atoms with E-state index in [0.29, 0.717) is 18.9 Å². The van der Waals surface area contributed by atoms with Crippen molar-refractivity contribution < 1.29 is 9.84 Å². The number of hydrogen-bond donors (Lipinski definition) is 1. The average molecular weight is 376 g/mol. The molecule has 0 aliphatic carbocycles. The second-order valence-corrected chi connectivity index (χ2v) is 7.05. The van der Waals surface area contributed by atoms with Crippen molar-refractivity contribution in [1.29, 1.82) is 0 Å². The van der Waals surface area contributed by atoms with Gasteiger partial charge in [0.05, 0.1) is 6.10 Å². The van der Waals surface area contributed by atoms with Crippen molar-refractivity contribution in [2.45, 2.75) is 32.4 Å². The van der Waals surface area contributed by atoms with Crippen LogP contribution in [0.1, 0.15) is 24.1 Å². The number of phenolic OH excluding ortho intramolecular Hbond substituents is 1. The van der Waals surface area contributed by atoms with Crippen LogP contribution in [0.5, 0.6) is 5.75 Å². The van der Waals surface area contributed by atoms with Crippen molar-refractivity contribution in [1.82, 2.24) is 15.0 Å². The van der Waals surface area contributed by atoms with Crippen LogP contribution in [0.3, 0.4) is 0 Å². The molecule has 2 aromatic heterocycles. The van der Waals surface area contributed by atoms with E-state index < -0.39 is 0 Å². The van der Waals surface area contributed by atoms with Gasteiger partial charge in [-0.3, -0.25) is 4.98 Å². The molecular weight excluding hydrogens is 352 g/mol. The fourth-order valence-corrected chi connectivity index (χ4v) is 3.45. The Hall–Kier alpha value is -2.99. The quantitative estimate of drug-likeness (QED) is 0.707. The van der Waals surface area contributed by atoms with Crippen molar-refractivity contribution in [2.24, 2.45) is 0 Å². The van der Waals surface area contributed by atoms with Gasteiger partial charge in [0.15, 0.2) is 5.82 Å². The van der Waals surface area contributed by atoms with Crippen LogP contribution in [0.4, 0.5) is 5.82 Å². The highest BCUT2D eigenvalue weighted by Gasteiger charge is 2.22. The summed E-state index contributed by atoms with van der Waals surface area (Å²) in [5.41, 5.74) is 2.48. The van der Waals surface area contributed by atoms with Gasteiger partial charge in [-0.2, -0.15) is 0 Å². The number of aromatic hydroxyl groups is 1. The van der Waals surface area contributed by atoms with Gasteiger partial charge in [-0.1, -0.05) is 24.3 Å². The molecule has 144 valence electrons. The zero-order valence-corrected chi connectivity index (χ0v) is 16.0. The summed E-state index contributed by atoms with van der Waals surface area (Å²) in [5.74, 6) is 1.70. The molecule has 1 aliphatic heterocycles. The first-order valence-corrected chi connectivity index (χ1v) is 9.59. The van der Waals surface area contributed by atoms with Gasteiger partial charge < -0.3 is 14.7 Å². The molecule has 0 amide bonds. The molecule has 1 atom stereocenters. The van der Waals surface area contributed by atoms with E-state index in [9.17, 15) is 5.11 Å². The fourth-order valence-electron chi connectivity index (χ4n) is 3.45. The molecule has 28 heavy (non-hydrogen) atoms. The Morgan fingerprint density at radius 1 is 1.14 bits per heavy atom. The number of anilines is 1. The normalized spacial score (nSPS) is 16.2. The molecule has 1 N–H and O–H groups in total. The smallest absolute Gasteiger partial charge is 0.180 e. The van der Waals surface area contributed by atoms with E-state index in [0.717, 1.165) is 42.2 Å². The molecule has 0 spiro atoms. The Morgan fingerprint density at radius 3 is 2.75 bits per heavy atom. The van der Waals surface area contributed by atoms with Crippen molar-refractivity contribution in [3.8, 4) is 17.3 Å². The Kier molecular flexibility index (Phi) is 5.48. The molecule has 1 aromatic carbocycles. The van der Waals surface area contributed by atoms with Gasteiger partial charge >= 0.3 is 0 Å². The third kappa shape index (κ3) is 4.28. The highest BCUT2D eigenvalue weighted by molar-refractivity contribution is 5.54. The monoisotopic (exact) mass is 376 g/mol. The van der Waals surface area contributed by atoms with E-state index in [-0.39, 0.29) is 11.9 Å². The van der Waals surface area contributed by atoms with E-state index in [1.165, 1.54) is 0 Å². The Morgan fingerprint density at radius 2 is 2.00 bits per heavy atom. The fraction of sp³-hybridized carbons (Fsp3) is 0.318. The second-order valence-electron chi connectivity index (χ2n) is 7.05. The third-order valence-electron chi connectivity index (χ3n) is 4.86. The van der Waals surface area contributed by atoms with Crippen molar-refractivity contribution in [2.75, 3.05) is 18.1 Å². The van der Waals surface area contributed by atoms with Crippen LogP contribution >= 0.6 is 0 Å². The molecule has 6 heteroatoms. The standard InChI is InChI=1S/C22H24N4O2/c1-16-13-21(25-22(24-16)19-9-4-5-11-23-19)26(15-18-8-6-12-28-18)14-17-7-2-3-10-20(17)27/h2-5,7,9-11,13,18,27H,6,8,12,14-15H2,1H3/t18-/m0/s1. The molecule has 0 radical (unpaired) electrons. The molecule has 1 saturated heterocycles. The molecule has 6 nitrogen and oxygen atoms in total. The number of phenols is 1. The lowest BCUT2D eigenvalue weighted by molar-refractivity contribution is 0.115. The maximum absolute atomic E-state index is 10.3. The number of aromatic nitrogens is 3. The number of pyridine rings is 1. The Bertz CT molecular complexity index is 927. The molecule has 1 fully saturated rings. The lowest BCUT2D eigenvalue weighted by Gasteiger charge is -2.27. The Balaban J connectivity index is 1.69. The van der Waals surface area contributed by atoms with E-state index in [1.54, 1.807) is 12.3 Å². The van der Waals surface area contributed by atoms with E-state index >= 15 is 0 Å². The predicted molar refractivity (Wildman–Crippen MR) is 108 cm³/mol. The molecular formula is C22H24N4O2. The first-order valence-electron chi connectivity index (χ1n) is 9.59. The van der Waals surface area contributed by atoms with Gasteiger partial charge in [0.1, 0.15) is 17.3 Å². The van der Waals surface area contributed by atoms with Gasteiger partial charge in [-0.05, 0) is 38.0 Å². The maximum atomic E-state index is 10.3. The van der Waals surface area contributed by atoms with E-state index in [2.05, 4.69) is 14.9 Å². The molecule has 0 bridgehead atoms. The summed E-state index contributed by atoms with van der Waals surface area (Å²) in [4.78, 5) is 15.9. The summed E-state index contributed by atoms with van der Waals surface area (Å²) < 4.78 is 5.86. The van der Waals surface area contributed by atoms with Crippen LogP contribution in [0, 0.1) is 6.92 Å². The van der Waals surface area contributed by atoms with Crippen molar-refractivity contribution in [3.63, 3.8) is 0 Å². The number of hydrogen-bond acceptors (Lipinski definition) is 6. The molecule has 4 rings (SSSR count). The average Bonchev–Trinajstić information content (AvgIpc) is 3.22. The molecule has 3 heterocycles. The largest absolute Gasteiger partial charge is 0.508 e. The first-order chi connectivity index (χ1) is 13.7. The van der Waals surface area contributed by atoms with Crippen LogP contribution in [0.2, 0.25) is 0 Å². The minimum absolute atomic E-state index is 0.166. The summed E-state index contributed by atoms with van der Waals surface area (Å²) in [6, 6.07) is 15.1. The van der Waals surface area contributed by atoms with Crippen LogP contribution in [-0.2, 0) is 11.3 Å². The molecule has 0 unspecified atom stereocenters. The number of para-hydroxylation sites is 1. The molecule has 1 aliphatic rings. The number of nitrogens with zero attached hydrogens (tertiary/aromatic N) is 4. The van der Waals surface area contributed by atoms with Gasteiger partial charge in [0.25, 0.3) is 0 Å². The summed E-state index contributed by atoms with van der Waals surface area (Å²) >= 11 is 0. The zero-order chi connectivity index (χ0) is 19.3. The van der Waals surface area contributed by atoms with Crippen LogP contribution < -0.4 is 4.90 Å². The van der Waals surface area contributed by atoms with Gasteiger partial charge in [-0.25, -0.2) is 9.97 Å². The third-order valence-corrected chi connectivity index (χ3v) is 4.86. The highest BCUT2D eigenvalue weighted by atomic mass is 16.5. The topological polar surface area (TPSA) is 71.4 Å². The molecule has 3 aromatic rings. The summed E-state index contributed by atoms with van der Waals surface area (Å²) in [5, 5.41) is 10.3. The summed E-state index contributed by atoms with van der Waals surface area (Å²) in [6.45, 7) is 4.02. The SMILES string of the molecule is Cc1cc(N(Cc2ccccc2O)C[C@@H]2CCCO2)nc(-c2ccccn2)n1. The van der Waals surface area contributed by atoms with Gasteiger partial charge in [0.2, 0.25) is 0 Å². The van der Waals surface area contributed by atoms with E-state index in [1.807, 2.05) is 49.4 Å². The number of ether oxygens (including phenoxy) is 1. The van der Waals surface area contributed by atoms with E-state index in [4.69, 9.17) is 9.72 Å². The van der Waals surface area contributed by atoms with Crippen molar-refractivity contribution >= 4 is 5.82 Å². The predicted octanol–water partition coefficient (Wildman–Crippen LogP) is 3.74.